The Morgan fingerprint density at radius 1 is 1.72 bits per heavy atom. The normalized spacial score (nSPS) is 10.1. The van der Waals surface area contributed by atoms with Gasteiger partial charge in [0.15, 0.2) is 0 Å². The number of methoxy groups -OCH3 is 1. The van der Waals surface area contributed by atoms with Crippen molar-refractivity contribution in [1.82, 2.24) is 4.98 Å². The lowest BCUT2D eigenvalue weighted by Crippen LogP contribution is -2.29. The molecule has 0 saturated carbocycles. The highest BCUT2D eigenvalue weighted by atomic mass is 79.9. The summed E-state index contributed by atoms with van der Waals surface area (Å²) in [5.41, 5.74) is 0.155. The number of halogens is 1. The van der Waals surface area contributed by atoms with Crippen molar-refractivity contribution in [3.05, 3.63) is 35.0 Å². The van der Waals surface area contributed by atoms with Crippen LogP contribution in [0.15, 0.2) is 29.4 Å². The molecule has 0 aromatic carbocycles. The van der Waals surface area contributed by atoms with E-state index in [0.717, 1.165) is 0 Å². The lowest BCUT2D eigenvalue weighted by Gasteiger charge is -2.23. The molecule has 1 rings (SSSR count). The number of carboxylic acids is 1. The topological polar surface area (TPSA) is 62.7 Å². The van der Waals surface area contributed by atoms with Crippen LogP contribution in [-0.2, 0) is 4.74 Å². The van der Waals surface area contributed by atoms with E-state index in [9.17, 15) is 9.90 Å². The third-order valence-corrected chi connectivity index (χ3v) is 2.71. The number of aromatic carboxylic acids is 1. The maximum Gasteiger partial charge on any atom is 0.339 e. The number of aromatic nitrogens is 1. The molecule has 0 aliphatic rings. The van der Waals surface area contributed by atoms with Crippen LogP contribution in [0.5, 0.6) is 0 Å². The van der Waals surface area contributed by atoms with Crippen molar-refractivity contribution in [3.8, 4) is 0 Å². The number of ether oxygens (including phenoxy) is 1. The molecule has 0 unspecified atom stereocenters. The van der Waals surface area contributed by atoms with Crippen molar-refractivity contribution in [2.24, 2.45) is 0 Å². The molecular formula is C12H15BrN2O3. The fourth-order valence-corrected chi connectivity index (χ4v) is 1.81. The first-order chi connectivity index (χ1) is 8.60. The van der Waals surface area contributed by atoms with E-state index >= 15 is 0 Å². The molecule has 1 heterocycles. The second-order valence-corrected chi connectivity index (χ2v) is 4.47. The van der Waals surface area contributed by atoms with Gasteiger partial charge in [-0.1, -0.05) is 6.08 Å². The van der Waals surface area contributed by atoms with Crippen LogP contribution in [0.4, 0.5) is 5.82 Å². The Morgan fingerprint density at radius 2 is 2.44 bits per heavy atom. The van der Waals surface area contributed by atoms with Crippen LogP contribution in [0.1, 0.15) is 10.4 Å². The third-order valence-electron chi connectivity index (χ3n) is 2.28. The zero-order chi connectivity index (χ0) is 13.5. The van der Waals surface area contributed by atoms with Gasteiger partial charge in [-0.05, 0) is 22.0 Å². The van der Waals surface area contributed by atoms with Gasteiger partial charge >= 0.3 is 5.97 Å². The number of carbonyl (C=O) groups is 1. The van der Waals surface area contributed by atoms with E-state index in [1.165, 1.54) is 6.07 Å². The summed E-state index contributed by atoms with van der Waals surface area (Å²) >= 11 is 3.22. The van der Waals surface area contributed by atoms with Crippen LogP contribution in [0.2, 0.25) is 0 Å². The fraction of sp³-hybridized carbons (Fsp3) is 0.333. The van der Waals surface area contributed by atoms with Crippen molar-refractivity contribution < 1.29 is 14.6 Å². The molecule has 0 aliphatic carbocycles. The summed E-state index contributed by atoms with van der Waals surface area (Å²) in [6.07, 6.45) is 3.27. The Kier molecular flexibility index (Phi) is 5.80. The molecule has 5 nitrogen and oxygen atoms in total. The molecule has 0 bridgehead atoms. The van der Waals surface area contributed by atoms with Crippen molar-refractivity contribution >= 4 is 27.7 Å². The van der Waals surface area contributed by atoms with E-state index in [1.807, 2.05) is 4.90 Å². The molecule has 0 spiro atoms. The zero-order valence-electron chi connectivity index (χ0n) is 10.1. The summed E-state index contributed by atoms with van der Waals surface area (Å²) in [5.74, 6) is -0.590. The fourth-order valence-electron chi connectivity index (χ4n) is 1.48. The Balaban J connectivity index is 3.09. The Labute approximate surface area is 114 Å². The molecule has 0 radical (unpaired) electrons. The lowest BCUT2D eigenvalue weighted by molar-refractivity contribution is 0.0697. The molecule has 1 N–H and O–H groups in total. The summed E-state index contributed by atoms with van der Waals surface area (Å²) in [7, 11) is 1.60. The molecule has 6 heteroatoms. The predicted octanol–water partition coefficient (Wildman–Crippen LogP) is 2.18. The Hall–Kier alpha value is -1.40. The smallest absolute Gasteiger partial charge is 0.339 e. The molecule has 18 heavy (non-hydrogen) atoms. The number of nitrogens with zero attached hydrogens (tertiary/aromatic N) is 2. The van der Waals surface area contributed by atoms with E-state index in [4.69, 9.17) is 4.74 Å². The molecule has 0 fully saturated rings. The predicted molar refractivity (Wildman–Crippen MR) is 73.2 cm³/mol. The second-order valence-electron chi connectivity index (χ2n) is 3.56. The van der Waals surface area contributed by atoms with Crippen LogP contribution in [0, 0.1) is 0 Å². The van der Waals surface area contributed by atoms with Gasteiger partial charge in [0.05, 0.1) is 6.61 Å². The van der Waals surface area contributed by atoms with E-state index in [0.29, 0.717) is 30.0 Å². The number of hydrogen-bond acceptors (Lipinski definition) is 4. The van der Waals surface area contributed by atoms with E-state index in [2.05, 4.69) is 27.5 Å². The number of carboxylic acid groups (broad SMARTS) is 1. The van der Waals surface area contributed by atoms with Gasteiger partial charge in [-0.15, -0.1) is 6.58 Å². The highest BCUT2D eigenvalue weighted by molar-refractivity contribution is 9.10. The van der Waals surface area contributed by atoms with Gasteiger partial charge in [0.1, 0.15) is 11.4 Å². The first kappa shape index (κ1) is 14.7. The summed E-state index contributed by atoms with van der Waals surface area (Å²) in [6, 6.07) is 1.54. The molecule has 0 amide bonds. The minimum Gasteiger partial charge on any atom is -0.478 e. The van der Waals surface area contributed by atoms with Gasteiger partial charge in [-0.25, -0.2) is 9.78 Å². The number of pyridine rings is 1. The monoisotopic (exact) mass is 314 g/mol. The average Bonchev–Trinajstić information content (AvgIpc) is 2.34. The Bertz CT molecular complexity index is 437. The van der Waals surface area contributed by atoms with Gasteiger partial charge in [-0.3, -0.25) is 0 Å². The van der Waals surface area contributed by atoms with Gasteiger partial charge in [0.25, 0.3) is 0 Å². The molecule has 0 saturated heterocycles. The van der Waals surface area contributed by atoms with Crippen LogP contribution < -0.4 is 4.90 Å². The summed E-state index contributed by atoms with van der Waals surface area (Å²) in [4.78, 5) is 17.2. The standard InChI is InChI=1S/C12H15BrN2O3/c1-3-4-15(5-6-18-2)11-10(12(16)17)7-9(13)8-14-11/h3,7-8H,1,4-6H2,2H3,(H,16,17). The average molecular weight is 315 g/mol. The second kappa shape index (κ2) is 7.13. The van der Waals surface area contributed by atoms with Gasteiger partial charge in [0.2, 0.25) is 0 Å². The zero-order valence-corrected chi connectivity index (χ0v) is 11.7. The maximum atomic E-state index is 11.2. The SMILES string of the molecule is C=CCN(CCOC)c1ncc(Br)cc1C(=O)O. The molecule has 0 aliphatic heterocycles. The van der Waals surface area contributed by atoms with Crippen LogP contribution in [0.3, 0.4) is 0 Å². The molecule has 98 valence electrons. The largest absolute Gasteiger partial charge is 0.478 e. The highest BCUT2D eigenvalue weighted by Gasteiger charge is 2.17. The lowest BCUT2D eigenvalue weighted by atomic mass is 10.2. The summed E-state index contributed by atoms with van der Waals surface area (Å²) < 4.78 is 5.64. The minimum atomic E-state index is -1.01. The first-order valence-corrected chi connectivity index (χ1v) is 6.13. The van der Waals surface area contributed by atoms with E-state index < -0.39 is 5.97 Å². The molecular weight excluding hydrogens is 300 g/mol. The summed E-state index contributed by atoms with van der Waals surface area (Å²) in [6.45, 7) is 5.22. The van der Waals surface area contributed by atoms with Crippen molar-refractivity contribution in [3.63, 3.8) is 0 Å². The van der Waals surface area contributed by atoms with Crippen molar-refractivity contribution in [2.45, 2.75) is 0 Å². The molecule has 1 aromatic heterocycles. The molecule has 1 aromatic rings. The van der Waals surface area contributed by atoms with Crippen molar-refractivity contribution in [1.29, 1.82) is 0 Å². The number of anilines is 1. The van der Waals surface area contributed by atoms with Crippen LogP contribution in [-0.4, -0.2) is 42.9 Å². The number of rotatable bonds is 7. The number of hydrogen-bond donors (Lipinski definition) is 1. The van der Waals surface area contributed by atoms with Gasteiger partial charge < -0.3 is 14.7 Å². The minimum absolute atomic E-state index is 0.155. The van der Waals surface area contributed by atoms with Crippen LogP contribution in [0.25, 0.3) is 0 Å². The van der Waals surface area contributed by atoms with E-state index in [1.54, 1.807) is 19.4 Å². The Morgan fingerprint density at radius 3 is 3.00 bits per heavy atom. The van der Waals surface area contributed by atoms with Crippen molar-refractivity contribution in [2.75, 3.05) is 31.7 Å². The third kappa shape index (κ3) is 3.82. The van der Waals surface area contributed by atoms with E-state index in [-0.39, 0.29) is 5.56 Å². The molecule has 0 atom stereocenters. The van der Waals surface area contributed by atoms with Crippen LogP contribution >= 0.6 is 15.9 Å². The maximum absolute atomic E-state index is 11.2. The quantitative estimate of drug-likeness (QED) is 0.782. The summed E-state index contributed by atoms with van der Waals surface area (Å²) in [5, 5.41) is 9.19. The van der Waals surface area contributed by atoms with Gasteiger partial charge in [0, 0.05) is 30.9 Å². The highest BCUT2D eigenvalue weighted by Crippen LogP contribution is 2.21. The first-order valence-electron chi connectivity index (χ1n) is 5.33. The van der Waals surface area contributed by atoms with Gasteiger partial charge in [-0.2, -0.15) is 0 Å².